The molecule has 5 fully saturated rings. The highest BCUT2D eigenvalue weighted by molar-refractivity contribution is 7.80. The van der Waals surface area contributed by atoms with Crippen LogP contribution in [0.5, 0.6) is 0 Å². The van der Waals surface area contributed by atoms with Gasteiger partial charge in [0.05, 0.1) is 23.7 Å². The van der Waals surface area contributed by atoms with Gasteiger partial charge in [0.2, 0.25) is 6.29 Å². The van der Waals surface area contributed by atoms with E-state index in [1.165, 1.54) is 0 Å². The van der Waals surface area contributed by atoms with Crippen LogP contribution in [0.25, 0.3) is 0 Å². The predicted octanol–water partition coefficient (Wildman–Crippen LogP) is 3.29. The maximum absolute atomic E-state index is 14.5. The molecule has 0 spiro atoms. The molecule has 0 amide bonds. The first-order valence-electron chi connectivity index (χ1n) is 18.1. The molecule has 1 saturated heterocycles. The molecule has 4 saturated carbocycles. The molecule has 15 atom stereocenters. The lowest BCUT2D eigenvalue weighted by Gasteiger charge is -2.72. The highest BCUT2D eigenvalue weighted by Gasteiger charge is 2.72. The van der Waals surface area contributed by atoms with Crippen molar-refractivity contribution in [2.45, 2.75) is 149 Å². The Kier molecular flexibility index (Phi) is 9.15. The van der Waals surface area contributed by atoms with Gasteiger partial charge in [-0.3, -0.25) is 9.35 Å². The van der Waals surface area contributed by atoms with Crippen molar-refractivity contribution in [3.63, 3.8) is 0 Å². The van der Waals surface area contributed by atoms with Crippen molar-refractivity contribution in [3.8, 4) is 0 Å². The number of ether oxygens (including phenoxy) is 2. The standard InChI is InChI=1S/C36H58O12S/c1-19-10-15-36(30(41)47-29-27(40)26(39)25(38)21(18-37)46-29)17-16-33(5)20(28(36)35(19,7)42)8-9-23-32(4)13-12-24(48-49(43,44)45)31(2,3)22(32)11-14-34(23,33)6/h8,19,21-29,37-40,42H,9-18H2,1-7H3,(H,43,44,45)/t19-,21-,22?,23?,24+,25-,26+,27-,28?,29+,32+,33-,34-,35-,36+/m1/s1. The molecule has 0 aromatic carbocycles. The van der Waals surface area contributed by atoms with Crippen LogP contribution >= 0.6 is 0 Å². The molecule has 12 nitrogen and oxygen atoms in total. The number of fused-ring (bicyclic) bond motifs is 7. The van der Waals surface area contributed by atoms with Gasteiger partial charge in [0.25, 0.3) is 0 Å². The van der Waals surface area contributed by atoms with E-state index in [2.05, 4.69) is 40.7 Å². The molecule has 0 aromatic rings. The van der Waals surface area contributed by atoms with Gasteiger partial charge in [-0.1, -0.05) is 53.2 Å². The van der Waals surface area contributed by atoms with Crippen molar-refractivity contribution >= 4 is 16.4 Å². The zero-order valence-electron chi connectivity index (χ0n) is 30.0. The van der Waals surface area contributed by atoms with Crippen LogP contribution in [-0.2, 0) is 28.9 Å². The zero-order chi connectivity index (χ0) is 36.3. The SMILES string of the molecule is C[C@@H]1CC[C@]2(C(=O)O[C@@H]3O[C@H](CO)[C@@H](O)[C@H](O)[C@H]3O)CC[C@]3(C)C(=CCC4[C@@]5(C)CC[C@H](OS(=O)(=O)O)C(C)(C)C5CC[C@]43C)C2[C@]1(C)O. The van der Waals surface area contributed by atoms with Crippen molar-refractivity contribution in [3.05, 3.63) is 11.6 Å². The summed E-state index contributed by atoms with van der Waals surface area (Å²) < 4.78 is 49.8. The second kappa shape index (κ2) is 11.9. The first kappa shape index (κ1) is 37.6. The summed E-state index contributed by atoms with van der Waals surface area (Å²) in [6, 6.07) is 0. The van der Waals surface area contributed by atoms with E-state index in [1.54, 1.807) is 0 Å². The molecule has 3 unspecified atom stereocenters. The maximum atomic E-state index is 14.5. The second-order valence-corrected chi connectivity index (χ2v) is 19.1. The van der Waals surface area contributed by atoms with Gasteiger partial charge < -0.3 is 35.0 Å². The third kappa shape index (κ3) is 5.34. The molecule has 0 aromatic heterocycles. The minimum absolute atomic E-state index is 0.119. The van der Waals surface area contributed by atoms with Crippen LogP contribution in [0.3, 0.4) is 0 Å². The van der Waals surface area contributed by atoms with Crippen LogP contribution in [0.15, 0.2) is 11.6 Å². The van der Waals surface area contributed by atoms with Gasteiger partial charge in [0.1, 0.15) is 24.4 Å². The molecular formula is C36H58O12S. The molecule has 0 radical (unpaired) electrons. The predicted molar refractivity (Wildman–Crippen MR) is 177 cm³/mol. The molecular weight excluding hydrogens is 656 g/mol. The second-order valence-electron chi connectivity index (χ2n) is 18.0. The molecule has 6 N–H and O–H groups in total. The highest BCUT2D eigenvalue weighted by atomic mass is 32.3. The van der Waals surface area contributed by atoms with E-state index in [0.29, 0.717) is 32.1 Å². The van der Waals surface area contributed by atoms with Crippen molar-refractivity contribution in [1.29, 1.82) is 0 Å². The van der Waals surface area contributed by atoms with Gasteiger partial charge in [-0.15, -0.1) is 0 Å². The van der Waals surface area contributed by atoms with E-state index in [4.69, 9.17) is 13.7 Å². The summed E-state index contributed by atoms with van der Waals surface area (Å²) in [4.78, 5) is 14.5. The average molecular weight is 715 g/mol. The Morgan fingerprint density at radius 1 is 0.918 bits per heavy atom. The fourth-order valence-electron chi connectivity index (χ4n) is 12.5. The van der Waals surface area contributed by atoms with Crippen LogP contribution in [-0.4, -0.2) is 93.5 Å². The smallest absolute Gasteiger partial charge is 0.397 e. The van der Waals surface area contributed by atoms with Gasteiger partial charge in [-0.05, 0) is 104 Å². The zero-order valence-corrected chi connectivity index (χ0v) is 30.8. The fraction of sp³-hybridized carbons (Fsp3) is 0.917. The summed E-state index contributed by atoms with van der Waals surface area (Å²) in [5.74, 6) is -0.951. The van der Waals surface area contributed by atoms with E-state index in [9.17, 15) is 43.3 Å². The first-order valence-corrected chi connectivity index (χ1v) is 19.5. The molecule has 1 aliphatic heterocycles. The average Bonchev–Trinajstić information content (AvgIpc) is 3.00. The Hall–Kier alpha value is -1.16. The number of aliphatic hydroxyl groups excluding tert-OH is 4. The van der Waals surface area contributed by atoms with Gasteiger partial charge in [-0.2, -0.15) is 8.42 Å². The monoisotopic (exact) mass is 714 g/mol. The Balaban J connectivity index is 1.37. The van der Waals surface area contributed by atoms with E-state index < -0.39 is 82.1 Å². The van der Waals surface area contributed by atoms with Crippen molar-refractivity contribution in [2.75, 3.05) is 6.61 Å². The summed E-state index contributed by atoms with van der Waals surface area (Å²) in [5, 5.41) is 53.5. The fourth-order valence-corrected chi connectivity index (χ4v) is 13.2. The lowest BCUT2D eigenvalue weighted by atomic mass is 9.33. The van der Waals surface area contributed by atoms with Crippen LogP contribution < -0.4 is 0 Å². The number of aliphatic hydroxyl groups is 5. The molecule has 49 heavy (non-hydrogen) atoms. The van der Waals surface area contributed by atoms with Crippen LogP contribution in [0, 0.1) is 50.7 Å². The summed E-state index contributed by atoms with van der Waals surface area (Å²) >= 11 is 0. The van der Waals surface area contributed by atoms with Crippen molar-refractivity contribution in [2.24, 2.45) is 50.7 Å². The number of esters is 1. The van der Waals surface area contributed by atoms with Crippen molar-refractivity contribution in [1.82, 2.24) is 0 Å². The van der Waals surface area contributed by atoms with Crippen LogP contribution in [0.2, 0.25) is 0 Å². The normalized spacial score (nSPS) is 52.5. The number of hydrogen-bond donors (Lipinski definition) is 6. The third-order valence-electron chi connectivity index (χ3n) is 15.7. The van der Waals surface area contributed by atoms with Crippen LogP contribution in [0.4, 0.5) is 0 Å². The topological polar surface area (TPSA) is 200 Å². The van der Waals surface area contributed by atoms with Crippen LogP contribution in [0.1, 0.15) is 106 Å². The minimum atomic E-state index is -4.60. The number of hydrogen-bond acceptors (Lipinski definition) is 11. The van der Waals surface area contributed by atoms with Gasteiger partial charge in [0.15, 0.2) is 0 Å². The van der Waals surface area contributed by atoms with E-state index in [1.807, 2.05) is 13.8 Å². The number of carbonyl (C=O) groups excluding carboxylic acids is 1. The summed E-state index contributed by atoms with van der Waals surface area (Å²) in [7, 11) is -4.60. The minimum Gasteiger partial charge on any atom is -0.432 e. The molecule has 5 aliphatic carbocycles. The number of rotatable bonds is 5. The molecule has 280 valence electrons. The van der Waals surface area contributed by atoms with Crippen molar-refractivity contribution < 1.29 is 57.0 Å². The summed E-state index contributed by atoms with van der Waals surface area (Å²) in [5.41, 5.74) is -2.58. The quantitative estimate of drug-likeness (QED) is 0.138. The van der Waals surface area contributed by atoms with E-state index in [0.717, 1.165) is 31.3 Å². The molecule has 6 rings (SSSR count). The summed E-state index contributed by atoms with van der Waals surface area (Å²) in [6.45, 7) is 14.3. The third-order valence-corrected chi connectivity index (χ3v) is 16.2. The Morgan fingerprint density at radius 2 is 1.59 bits per heavy atom. The molecule has 6 aliphatic rings. The lowest BCUT2D eigenvalue weighted by Crippen LogP contribution is -2.68. The van der Waals surface area contributed by atoms with Gasteiger partial charge in [-0.25, -0.2) is 4.18 Å². The Morgan fingerprint density at radius 3 is 2.22 bits per heavy atom. The van der Waals surface area contributed by atoms with E-state index >= 15 is 0 Å². The highest BCUT2D eigenvalue weighted by Crippen LogP contribution is 2.76. The Bertz CT molecular complexity index is 1460. The molecule has 13 heteroatoms. The molecule has 1 heterocycles. The van der Waals surface area contributed by atoms with E-state index in [-0.39, 0.29) is 34.0 Å². The summed E-state index contributed by atoms with van der Waals surface area (Å²) in [6.07, 6.45) is -0.357. The Labute approximate surface area is 290 Å². The maximum Gasteiger partial charge on any atom is 0.397 e. The number of carbonyl (C=O) groups is 1. The first-order chi connectivity index (χ1) is 22.5. The number of allylic oxidation sites excluding steroid dienone is 1. The lowest BCUT2D eigenvalue weighted by molar-refractivity contribution is -0.299. The van der Waals surface area contributed by atoms with Gasteiger partial charge >= 0.3 is 16.4 Å². The van der Waals surface area contributed by atoms with Gasteiger partial charge in [0, 0.05) is 5.92 Å². The largest absolute Gasteiger partial charge is 0.432 e. The molecule has 0 bridgehead atoms.